The normalized spacial score (nSPS) is 20.7. The van der Waals surface area contributed by atoms with Gasteiger partial charge in [-0.05, 0) is 47.9 Å². The van der Waals surface area contributed by atoms with E-state index in [1.54, 1.807) is 30.2 Å². The Hall–Kier alpha value is -2.68. The molecule has 0 aliphatic carbocycles. The summed E-state index contributed by atoms with van der Waals surface area (Å²) in [4.78, 5) is 29.2. The lowest BCUT2D eigenvalue weighted by Gasteiger charge is -2.29. The highest BCUT2D eigenvalue weighted by atomic mass is 79.9. The first-order chi connectivity index (χ1) is 16.4. The monoisotopic (exact) mass is 528 g/mol. The largest absolute Gasteiger partial charge is 0.872 e. The van der Waals surface area contributed by atoms with Crippen LogP contribution in [0.4, 0.5) is 0 Å². The maximum atomic E-state index is 13.6. The maximum Gasteiger partial charge on any atom is 0.295 e. The van der Waals surface area contributed by atoms with Crippen molar-refractivity contribution in [2.75, 3.05) is 46.5 Å². The molecule has 0 bridgehead atoms. The molecule has 1 unspecified atom stereocenters. The fourth-order valence-corrected chi connectivity index (χ4v) is 4.94. The van der Waals surface area contributed by atoms with Gasteiger partial charge in [0, 0.05) is 23.0 Å². The smallest absolute Gasteiger partial charge is 0.295 e. The summed E-state index contributed by atoms with van der Waals surface area (Å²) in [5.74, 6) is -1.09. The van der Waals surface area contributed by atoms with E-state index >= 15 is 0 Å². The summed E-state index contributed by atoms with van der Waals surface area (Å²) in [6.45, 7) is 6.50. The van der Waals surface area contributed by atoms with Gasteiger partial charge in [0.25, 0.3) is 5.91 Å². The van der Waals surface area contributed by atoms with Crippen LogP contribution in [0.5, 0.6) is 5.75 Å². The van der Waals surface area contributed by atoms with Crippen LogP contribution in [0.25, 0.3) is 5.76 Å². The average molecular weight is 529 g/mol. The average Bonchev–Trinajstić information content (AvgIpc) is 3.09. The van der Waals surface area contributed by atoms with Crippen molar-refractivity contribution < 1.29 is 29.1 Å². The topological polar surface area (TPSA) is 83.3 Å². The third-order valence-corrected chi connectivity index (χ3v) is 7.03. The molecule has 2 aromatic carbocycles. The van der Waals surface area contributed by atoms with E-state index in [4.69, 9.17) is 9.47 Å². The molecule has 0 spiro atoms. The molecule has 8 heteroatoms. The minimum Gasteiger partial charge on any atom is -0.872 e. The molecular formula is C26H29BrN2O5. The molecule has 0 saturated carbocycles. The zero-order valence-corrected chi connectivity index (χ0v) is 21.0. The molecule has 1 N–H and O–H groups in total. The molecule has 4 rings (SSSR count). The molecule has 2 aromatic rings. The van der Waals surface area contributed by atoms with Gasteiger partial charge < -0.3 is 24.4 Å². The quantitative estimate of drug-likeness (QED) is 0.332. The number of benzene rings is 2. The first-order valence-electron chi connectivity index (χ1n) is 11.5. The Morgan fingerprint density at radius 1 is 1.18 bits per heavy atom. The van der Waals surface area contributed by atoms with Crippen molar-refractivity contribution in [3.05, 3.63) is 69.2 Å². The number of methoxy groups -OCH3 is 1. The van der Waals surface area contributed by atoms with Crippen LogP contribution in [-0.2, 0) is 14.3 Å². The number of quaternary nitrogens is 1. The van der Waals surface area contributed by atoms with Crippen molar-refractivity contribution in [3.63, 3.8) is 0 Å². The number of ketones is 1. The number of Topliss-reactive ketones (excluding diaryl/α,β-unsaturated/α-hetero) is 1. The molecule has 2 saturated heterocycles. The number of morpholine rings is 1. The minimum atomic E-state index is -0.717. The first kappa shape index (κ1) is 24.4. The summed E-state index contributed by atoms with van der Waals surface area (Å²) in [7, 11) is 1.57. The summed E-state index contributed by atoms with van der Waals surface area (Å²) < 4.78 is 11.6. The second kappa shape index (κ2) is 10.7. The van der Waals surface area contributed by atoms with E-state index in [2.05, 4.69) is 15.9 Å². The number of carbonyl (C=O) groups excluding carboxylic acids is 2. The van der Waals surface area contributed by atoms with Crippen molar-refractivity contribution >= 4 is 33.4 Å². The number of nitrogens with one attached hydrogen (secondary N) is 1. The number of ether oxygens (including phenoxy) is 2. The van der Waals surface area contributed by atoms with E-state index in [1.165, 1.54) is 4.90 Å². The van der Waals surface area contributed by atoms with E-state index < -0.39 is 23.5 Å². The number of amides is 1. The highest BCUT2D eigenvalue weighted by molar-refractivity contribution is 9.10. The van der Waals surface area contributed by atoms with Gasteiger partial charge >= 0.3 is 0 Å². The Kier molecular flexibility index (Phi) is 7.70. The van der Waals surface area contributed by atoms with Crippen molar-refractivity contribution in [1.29, 1.82) is 0 Å². The number of likely N-dealkylation sites (tertiary alicyclic amines) is 1. The van der Waals surface area contributed by atoms with Crippen molar-refractivity contribution in [2.45, 2.75) is 19.4 Å². The molecule has 2 heterocycles. The van der Waals surface area contributed by atoms with Gasteiger partial charge in [-0.15, -0.1) is 0 Å². The van der Waals surface area contributed by atoms with Crippen molar-refractivity contribution in [1.82, 2.24) is 4.90 Å². The Morgan fingerprint density at radius 3 is 2.53 bits per heavy atom. The number of hydrogen-bond acceptors (Lipinski definition) is 5. The number of halogens is 1. The Morgan fingerprint density at radius 2 is 1.88 bits per heavy atom. The Bertz CT molecular complexity index is 1090. The van der Waals surface area contributed by atoms with Crippen molar-refractivity contribution in [2.24, 2.45) is 0 Å². The lowest BCUT2D eigenvalue weighted by molar-refractivity contribution is -0.908. The molecule has 1 amide bonds. The third kappa shape index (κ3) is 5.04. The van der Waals surface area contributed by atoms with Crippen LogP contribution in [0, 0.1) is 6.92 Å². The Labute approximate surface area is 208 Å². The van der Waals surface area contributed by atoms with E-state index in [9.17, 15) is 14.7 Å². The van der Waals surface area contributed by atoms with Crippen LogP contribution >= 0.6 is 15.9 Å². The van der Waals surface area contributed by atoms with Crippen LogP contribution < -0.4 is 14.7 Å². The molecule has 7 nitrogen and oxygen atoms in total. The second-order valence-electron chi connectivity index (χ2n) is 8.67. The summed E-state index contributed by atoms with van der Waals surface area (Å²) in [5.41, 5.74) is 1.91. The van der Waals surface area contributed by atoms with Crippen molar-refractivity contribution in [3.8, 4) is 5.75 Å². The summed E-state index contributed by atoms with van der Waals surface area (Å²) in [6, 6.07) is 11.8. The Balaban J connectivity index is 1.68. The lowest BCUT2D eigenvalue weighted by Crippen LogP contribution is -3.14. The predicted octanol–water partition coefficient (Wildman–Crippen LogP) is 1.30. The number of aryl methyl sites for hydroxylation is 1. The standard InChI is InChI=1S/C26H29BrN2O5/c1-17-16-19(6-9-21(17)33-2)24(30)22-23(18-4-7-20(27)8-5-18)29(26(32)25(22)31)11-3-10-28-12-14-34-15-13-28/h4-9,16,23,30H,3,10-15H2,1-2H3. The van der Waals surface area contributed by atoms with Gasteiger partial charge in [0.2, 0.25) is 5.78 Å². The molecule has 1 atom stereocenters. The van der Waals surface area contributed by atoms with Gasteiger partial charge in [0.15, 0.2) is 0 Å². The van der Waals surface area contributed by atoms with Crippen LogP contribution in [-0.4, -0.2) is 63.1 Å². The van der Waals surface area contributed by atoms with Gasteiger partial charge in [-0.25, -0.2) is 0 Å². The number of hydrogen-bond donors (Lipinski definition) is 1. The zero-order chi connectivity index (χ0) is 24.2. The number of rotatable bonds is 7. The molecule has 2 fully saturated rings. The minimum absolute atomic E-state index is 0.00982. The van der Waals surface area contributed by atoms with E-state index in [0.717, 1.165) is 54.9 Å². The highest BCUT2D eigenvalue weighted by Gasteiger charge is 2.44. The molecule has 2 aliphatic rings. The van der Waals surface area contributed by atoms with E-state index in [0.29, 0.717) is 17.9 Å². The summed E-state index contributed by atoms with van der Waals surface area (Å²) in [5, 5.41) is 13.6. The fourth-order valence-electron chi connectivity index (χ4n) is 4.68. The zero-order valence-electron chi connectivity index (χ0n) is 19.4. The van der Waals surface area contributed by atoms with Crippen LogP contribution in [0.15, 0.2) is 52.5 Å². The van der Waals surface area contributed by atoms with Crippen LogP contribution in [0.2, 0.25) is 0 Å². The van der Waals surface area contributed by atoms with Gasteiger partial charge in [-0.3, -0.25) is 9.59 Å². The summed E-state index contributed by atoms with van der Waals surface area (Å²) in [6.07, 6.45) is 0.741. The van der Waals surface area contributed by atoms with Crippen LogP contribution in [0.3, 0.4) is 0 Å². The lowest BCUT2D eigenvalue weighted by atomic mass is 9.95. The molecule has 0 radical (unpaired) electrons. The molecular weight excluding hydrogens is 500 g/mol. The van der Waals surface area contributed by atoms with Crippen LogP contribution in [0.1, 0.15) is 29.2 Å². The maximum absolute atomic E-state index is 13.6. The van der Waals surface area contributed by atoms with E-state index in [1.807, 2.05) is 31.2 Å². The van der Waals surface area contributed by atoms with Gasteiger partial charge in [-0.2, -0.15) is 0 Å². The molecule has 2 aliphatic heterocycles. The molecule has 0 aromatic heterocycles. The van der Waals surface area contributed by atoms with Gasteiger partial charge in [0.05, 0.1) is 32.9 Å². The fraction of sp³-hybridized carbons (Fsp3) is 0.385. The van der Waals surface area contributed by atoms with Gasteiger partial charge in [-0.1, -0.05) is 39.9 Å². The SMILES string of the molecule is COc1ccc(C([O-])=C2C(=O)C(=O)N(CCC[NH+]3CCOCC3)C2c2ccc(Br)cc2)cc1C. The second-order valence-corrected chi connectivity index (χ2v) is 9.59. The third-order valence-electron chi connectivity index (χ3n) is 6.50. The highest BCUT2D eigenvalue weighted by Crippen LogP contribution is 2.39. The summed E-state index contributed by atoms with van der Waals surface area (Å²) >= 11 is 3.44. The predicted molar refractivity (Wildman–Crippen MR) is 129 cm³/mol. The van der Waals surface area contributed by atoms with E-state index in [-0.39, 0.29) is 5.57 Å². The first-order valence-corrected chi connectivity index (χ1v) is 12.3. The van der Waals surface area contributed by atoms with Gasteiger partial charge in [0.1, 0.15) is 18.8 Å². The molecule has 34 heavy (non-hydrogen) atoms. The number of carbonyl (C=O) groups is 2. The molecule has 180 valence electrons. The number of nitrogens with zero attached hydrogens (tertiary/aromatic N) is 1.